The van der Waals surface area contributed by atoms with E-state index in [2.05, 4.69) is 10.6 Å². The van der Waals surface area contributed by atoms with E-state index in [1.807, 2.05) is 25.1 Å². The number of halogens is 1. The lowest BCUT2D eigenvalue weighted by atomic mass is 10.2. The van der Waals surface area contributed by atoms with Crippen molar-refractivity contribution >= 4 is 17.3 Å². The molecule has 2 aromatic carbocycles. The molecule has 0 aliphatic heterocycles. The van der Waals surface area contributed by atoms with Crippen LogP contribution in [0.15, 0.2) is 42.5 Å². The smallest absolute Gasteiger partial charge is 0.246 e. The van der Waals surface area contributed by atoms with Crippen molar-refractivity contribution in [3.8, 4) is 5.75 Å². The highest BCUT2D eigenvalue weighted by atomic mass is 19.1. The molecule has 22 heavy (non-hydrogen) atoms. The molecule has 0 bridgehead atoms. The van der Waals surface area contributed by atoms with Gasteiger partial charge in [0.25, 0.3) is 0 Å². The van der Waals surface area contributed by atoms with Gasteiger partial charge in [-0.05, 0) is 43.7 Å². The lowest BCUT2D eigenvalue weighted by Crippen LogP contribution is -2.32. The summed E-state index contributed by atoms with van der Waals surface area (Å²) >= 11 is 0. The summed E-state index contributed by atoms with van der Waals surface area (Å²) in [5.41, 5.74) is 1.93. The van der Waals surface area contributed by atoms with Crippen molar-refractivity contribution in [2.45, 2.75) is 19.9 Å². The molecular weight excluding hydrogens is 283 g/mol. The van der Waals surface area contributed by atoms with Crippen molar-refractivity contribution in [2.75, 3.05) is 17.7 Å². The van der Waals surface area contributed by atoms with Crippen molar-refractivity contribution in [2.24, 2.45) is 0 Å². The number of nitrogens with one attached hydrogen (secondary N) is 2. The number of amides is 1. The van der Waals surface area contributed by atoms with Crippen molar-refractivity contribution in [1.82, 2.24) is 0 Å². The number of hydrogen-bond acceptors (Lipinski definition) is 3. The molecule has 0 aromatic heterocycles. The largest absolute Gasteiger partial charge is 0.495 e. The maximum atomic E-state index is 13.6. The molecule has 2 aromatic rings. The van der Waals surface area contributed by atoms with Crippen LogP contribution in [-0.2, 0) is 4.79 Å². The van der Waals surface area contributed by atoms with Crippen LogP contribution in [0.4, 0.5) is 15.8 Å². The van der Waals surface area contributed by atoms with Crippen molar-refractivity contribution in [3.63, 3.8) is 0 Å². The number of carbonyl (C=O) groups excluding carboxylic acids is 1. The summed E-state index contributed by atoms with van der Waals surface area (Å²) in [4.78, 5) is 12.2. The number of aryl methyl sites for hydroxylation is 1. The molecule has 0 spiro atoms. The topological polar surface area (TPSA) is 50.4 Å². The average Bonchev–Trinajstić information content (AvgIpc) is 2.49. The van der Waals surface area contributed by atoms with Crippen LogP contribution in [0.25, 0.3) is 0 Å². The fraction of sp³-hybridized carbons (Fsp3) is 0.235. The van der Waals surface area contributed by atoms with Crippen LogP contribution in [-0.4, -0.2) is 19.1 Å². The molecule has 5 heteroatoms. The first-order valence-corrected chi connectivity index (χ1v) is 6.98. The quantitative estimate of drug-likeness (QED) is 0.887. The maximum absolute atomic E-state index is 13.6. The van der Waals surface area contributed by atoms with Gasteiger partial charge in [0.15, 0.2) is 0 Å². The van der Waals surface area contributed by atoms with Gasteiger partial charge in [0, 0.05) is 0 Å². The fourth-order valence-electron chi connectivity index (χ4n) is 2.04. The second-order valence-corrected chi connectivity index (χ2v) is 5.04. The number of anilines is 2. The Morgan fingerprint density at radius 1 is 1.18 bits per heavy atom. The summed E-state index contributed by atoms with van der Waals surface area (Å²) in [5.74, 6) is -0.138. The summed E-state index contributed by atoms with van der Waals surface area (Å²) in [5, 5.41) is 5.65. The molecule has 0 saturated carbocycles. The standard InChI is InChI=1S/C17H19FN2O2/c1-11-8-9-16(22-3)15(10-11)19-12(2)17(21)20-14-7-5-4-6-13(14)18/h4-10,12,19H,1-3H3,(H,20,21). The molecular formula is C17H19FN2O2. The summed E-state index contributed by atoms with van der Waals surface area (Å²) in [6, 6.07) is 11.2. The number of methoxy groups -OCH3 is 1. The van der Waals surface area contributed by atoms with Crippen LogP contribution in [0.2, 0.25) is 0 Å². The van der Waals surface area contributed by atoms with Gasteiger partial charge in [0.2, 0.25) is 5.91 Å². The summed E-state index contributed by atoms with van der Waals surface area (Å²) in [7, 11) is 1.57. The van der Waals surface area contributed by atoms with Gasteiger partial charge in [0.05, 0.1) is 18.5 Å². The molecule has 4 nitrogen and oxygen atoms in total. The second kappa shape index (κ2) is 6.93. The Morgan fingerprint density at radius 2 is 1.91 bits per heavy atom. The molecule has 1 atom stereocenters. The molecule has 2 rings (SSSR count). The molecule has 2 N–H and O–H groups in total. The Kier molecular flexibility index (Phi) is 4.99. The molecule has 0 fully saturated rings. The lowest BCUT2D eigenvalue weighted by molar-refractivity contribution is -0.116. The maximum Gasteiger partial charge on any atom is 0.246 e. The molecule has 116 valence electrons. The monoisotopic (exact) mass is 302 g/mol. The summed E-state index contributed by atoms with van der Waals surface area (Å²) < 4.78 is 18.8. The van der Waals surface area contributed by atoms with Gasteiger partial charge in [-0.25, -0.2) is 4.39 Å². The van der Waals surface area contributed by atoms with Crippen LogP contribution in [0.5, 0.6) is 5.75 Å². The Balaban J connectivity index is 2.09. The summed E-state index contributed by atoms with van der Waals surface area (Å²) in [6.07, 6.45) is 0. The predicted octanol–water partition coefficient (Wildman–Crippen LogP) is 3.58. The lowest BCUT2D eigenvalue weighted by Gasteiger charge is -2.18. The zero-order valence-corrected chi connectivity index (χ0v) is 12.8. The van der Waals surface area contributed by atoms with Gasteiger partial charge in [-0.1, -0.05) is 18.2 Å². The van der Waals surface area contributed by atoms with Gasteiger partial charge in [0.1, 0.15) is 17.6 Å². The van der Waals surface area contributed by atoms with Crippen LogP contribution < -0.4 is 15.4 Å². The third kappa shape index (κ3) is 3.75. The van der Waals surface area contributed by atoms with Gasteiger partial charge in [-0.3, -0.25) is 4.79 Å². The minimum atomic E-state index is -0.546. The van der Waals surface area contributed by atoms with Crippen molar-refractivity contribution < 1.29 is 13.9 Å². The molecule has 1 amide bonds. The van der Waals surface area contributed by atoms with Crippen LogP contribution in [0.1, 0.15) is 12.5 Å². The number of hydrogen-bond donors (Lipinski definition) is 2. The zero-order chi connectivity index (χ0) is 16.1. The highest BCUT2D eigenvalue weighted by Crippen LogP contribution is 2.26. The number of para-hydroxylation sites is 1. The first kappa shape index (κ1) is 15.8. The molecule has 0 radical (unpaired) electrons. The van der Waals surface area contributed by atoms with Crippen molar-refractivity contribution in [3.05, 3.63) is 53.8 Å². The Labute approximate surface area is 129 Å². The van der Waals surface area contributed by atoms with Gasteiger partial charge >= 0.3 is 0 Å². The van der Waals surface area contributed by atoms with E-state index in [-0.39, 0.29) is 11.6 Å². The van der Waals surface area contributed by atoms with E-state index in [9.17, 15) is 9.18 Å². The third-order valence-electron chi connectivity index (χ3n) is 3.25. The van der Waals surface area contributed by atoms with E-state index in [1.54, 1.807) is 26.2 Å². The van der Waals surface area contributed by atoms with E-state index in [0.29, 0.717) is 5.75 Å². The average molecular weight is 302 g/mol. The highest BCUT2D eigenvalue weighted by molar-refractivity contribution is 5.96. The van der Waals surface area contributed by atoms with E-state index in [0.717, 1.165) is 11.3 Å². The van der Waals surface area contributed by atoms with E-state index >= 15 is 0 Å². The first-order valence-electron chi connectivity index (χ1n) is 6.98. The molecule has 0 heterocycles. The van der Waals surface area contributed by atoms with Gasteiger partial charge in [-0.15, -0.1) is 0 Å². The van der Waals surface area contributed by atoms with E-state index < -0.39 is 11.9 Å². The highest BCUT2D eigenvalue weighted by Gasteiger charge is 2.16. The third-order valence-corrected chi connectivity index (χ3v) is 3.25. The first-order chi connectivity index (χ1) is 10.5. The Hall–Kier alpha value is -2.56. The number of benzene rings is 2. The van der Waals surface area contributed by atoms with E-state index in [1.165, 1.54) is 12.1 Å². The zero-order valence-electron chi connectivity index (χ0n) is 12.8. The molecule has 1 unspecified atom stereocenters. The van der Waals surface area contributed by atoms with Gasteiger partial charge < -0.3 is 15.4 Å². The van der Waals surface area contributed by atoms with Gasteiger partial charge in [-0.2, -0.15) is 0 Å². The Morgan fingerprint density at radius 3 is 2.59 bits per heavy atom. The molecule has 0 aliphatic rings. The van der Waals surface area contributed by atoms with Crippen LogP contribution in [0.3, 0.4) is 0 Å². The van der Waals surface area contributed by atoms with Crippen molar-refractivity contribution in [1.29, 1.82) is 0 Å². The number of carbonyl (C=O) groups is 1. The minimum absolute atomic E-state index is 0.164. The van der Waals surface area contributed by atoms with E-state index in [4.69, 9.17) is 4.74 Å². The SMILES string of the molecule is COc1ccc(C)cc1NC(C)C(=O)Nc1ccccc1F. The van der Waals surface area contributed by atoms with Crippen LogP contribution >= 0.6 is 0 Å². The number of ether oxygens (including phenoxy) is 1. The number of rotatable bonds is 5. The summed E-state index contributed by atoms with van der Waals surface area (Å²) in [6.45, 7) is 3.66. The van der Waals surface area contributed by atoms with Crippen LogP contribution in [0, 0.1) is 12.7 Å². The molecule has 0 aliphatic carbocycles. The molecule has 0 saturated heterocycles. The minimum Gasteiger partial charge on any atom is -0.495 e. The predicted molar refractivity (Wildman–Crippen MR) is 85.8 cm³/mol. The Bertz CT molecular complexity index is 673. The fourth-order valence-corrected chi connectivity index (χ4v) is 2.04. The normalized spacial score (nSPS) is 11.6. The second-order valence-electron chi connectivity index (χ2n) is 5.04.